The summed E-state index contributed by atoms with van der Waals surface area (Å²) in [5.41, 5.74) is 4.67. The standard InChI is InChI=1S/C21H38/c1-8-19(7)21(15-14-20(9-2)10-3)16-18(6)13-11-12-17(4)5/h9,16-17,20H,2,8,10-15H2,1,3-7H3. The van der Waals surface area contributed by atoms with E-state index in [4.69, 9.17) is 0 Å². The molecule has 0 aromatic carbocycles. The topological polar surface area (TPSA) is 0 Å². The molecule has 1 unspecified atom stereocenters. The molecule has 0 bridgehead atoms. The summed E-state index contributed by atoms with van der Waals surface area (Å²) in [5.74, 6) is 1.49. The van der Waals surface area contributed by atoms with Crippen molar-refractivity contribution >= 4 is 0 Å². The van der Waals surface area contributed by atoms with Gasteiger partial charge in [0.25, 0.3) is 0 Å². The van der Waals surface area contributed by atoms with Crippen LogP contribution in [0.1, 0.15) is 86.5 Å². The van der Waals surface area contributed by atoms with Crippen LogP contribution < -0.4 is 0 Å². The first-order valence-electron chi connectivity index (χ1n) is 8.92. The average molecular weight is 291 g/mol. The Hall–Kier alpha value is -0.780. The van der Waals surface area contributed by atoms with Gasteiger partial charge in [-0.1, -0.05) is 57.4 Å². The SMILES string of the molecule is C=CC(CC)CCC(C=C(C)CCCC(C)C)=C(C)CC. The van der Waals surface area contributed by atoms with E-state index >= 15 is 0 Å². The van der Waals surface area contributed by atoms with E-state index < -0.39 is 0 Å². The first kappa shape index (κ1) is 20.2. The largest absolute Gasteiger partial charge is 0.103 e. The van der Waals surface area contributed by atoms with Crippen molar-refractivity contribution in [2.45, 2.75) is 86.5 Å². The van der Waals surface area contributed by atoms with Crippen LogP contribution in [0.3, 0.4) is 0 Å². The second-order valence-electron chi connectivity index (χ2n) is 6.88. The zero-order chi connectivity index (χ0) is 16.3. The molecule has 122 valence electrons. The Balaban J connectivity index is 4.66. The maximum absolute atomic E-state index is 3.96. The fourth-order valence-corrected chi connectivity index (χ4v) is 2.62. The second kappa shape index (κ2) is 11.8. The molecule has 0 saturated carbocycles. The van der Waals surface area contributed by atoms with Crippen LogP contribution >= 0.6 is 0 Å². The normalized spacial score (nSPS) is 15.1. The van der Waals surface area contributed by atoms with Crippen LogP contribution in [0.4, 0.5) is 0 Å². The van der Waals surface area contributed by atoms with Crippen molar-refractivity contribution < 1.29 is 0 Å². The highest BCUT2D eigenvalue weighted by Gasteiger charge is 2.05. The highest BCUT2D eigenvalue weighted by Crippen LogP contribution is 2.23. The van der Waals surface area contributed by atoms with Crippen molar-refractivity contribution in [1.82, 2.24) is 0 Å². The van der Waals surface area contributed by atoms with Crippen LogP contribution in [0, 0.1) is 11.8 Å². The van der Waals surface area contributed by atoms with Crippen molar-refractivity contribution in [2.24, 2.45) is 11.8 Å². The Bertz CT molecular complexity index is 341. The highest BCUT2D eigenvalue weighted by atomic mass is 14.1. The summed E-state index contributed by atoms with van der Waals surface area (Å²) >= 11 is 0. The molecular weight excluding hydrogens is 252 g/mol. The third kappa shape index (κ3) is 9.72. The molecular formula is C21H38. The van der Waals surface area contributed by atoms with Crippen molar-refractivity contribution in [3.8, 4) is 0 Å². The molecule has 0 N–H and O–H groups in total. The highest BCUT2D eigenvalue weighted by molar-refractivity contribution is 5.27. The van der Waals surface area contributed by atoms with Crippen LogP contribution in [0.25, 0.3) is 0 Å². The second-order valence-corrected chi connectivity index (χ2v) is 6.88. The van der Waals surface area contributed by atoms with Gasteiger partial charge in [0.1, 0.15) is 0 Å². The predicted octanol–water partition coefficient (Wildman–Crippen LogP) is 7.48. The van der Waals surface area contributed by atoms with Gasteiger partial charge in [-0.3, -0.25) is 0 Å². The van der Waals surface area contributed by atoms with Crippen molar-refractivity contribution in [1.29, 1.82) is 0 Å². The summed E-state index contributed by atoms with van der Waals surface area (Å²) < 4.78 is 0. The minimum absolute atomic E-state index is 0.666. The van der Waals surface area contributed by atoms with E-state index in [0.29, 0.717) is 5.92 Å². The molecule has 21 heavy (non-hydrogen) atoms. The molecule has 0 heteroatoms. The Labute approximate surface area is 134 Å². The van der Waals surface area contributed by atoms with E-state index in [0.717, 1.165) is 12.3 Å². The lowest BCUT2D eigenvalue weighted by Crippen LogP contribution is -1.97. The van der Waals surface area contributed by atoms with Gasteiger partial charge < -0.3 is 0 Å². The summed E-state index contributed by atoms with van der Waals surface area (Å²) in [6.45, 7) is 17.7. The van der Waals surface area contributed by atoms with Crippen LogP contribution in [0.5, 0.6) is 0 Å². The van der Waals surface area contributed by atoms with Gasteiger partial charge in [-0.05, 0) is 69.8 Å². The lowest BCUT2D eigenvalue weighted by molar-refractivity contribution is 0.554. The van der Waals surface area contributed by atoms with Crippen LogP contribution in [-0.2, 0) is 0 Å². The lowest BCUT2D eigenvalue weighted by atomic mass is 9.92. The fraction of sp³-hybridized carbons (Fsp3) is 0.714. The van der Waals surface area contributed by atoms with Gasteiger partial charge in [-0.2, -0.15) is 0 Å². The van der Waals surface area contributed by atoms with Crippen LogP contribution in [0.15, 0.2) is 35.5 Å². The van der Waals surface area contributed by atoms with Crippen molar-refractivity contribution in [2.75, 3.05) is 0 Å². The summed E-state index contributed by atoms with van der Waals surface area (Å²) in [6, 6.07) is 0. The van der Waals surface area contributed by atoms with Crippen LogP contribution in [0.2, 0.25) is 0 Å². The molecule has 0 spiro atoms. The molecule has 0 aliphatic heterocycles. The van der Waals surface area contributed by atoms with E-state index in [9.17, 15) is 0 Å². The third-order valence-electron chi connectivity index (χ3n) is 4.49. The average Bonchev–Trinajstić information content (AvgIpc) is 2.45. The molecule has 1 atom stereocenters. The predicted molar refractivity (Wildman–Crippen MR) is 98.6 cm³/mol. The molecule has 0 rings (SSSR count). The van der Waals surface area contributed by atoms with E-state index in [-0.39, 0.29) is 0 Å². The quantitative estimate of drug-likeness (QED) is 0.273. The van der Waals surface area contributed by atoms with Gasteiger partial charge in [0.15, 0.2) is 0 Å². The number of rotatable bonds is 11. The molecule has 0 nitrogen and oxygen atoms in total. The van der Waals surface area contributed by atoms with Gasteiger partial charge in [-0.15, -0.1) is 6.58 Å². The smallest absolute Gasteiger partial charge is 0.0236 e. The Morgan fingerprint density at radius 3 is 2.19 bits per heavy atom. The lowest BCUT2D eigenvalue weighted by Gasteiger charge is -2.13. The monoisotopic (exact) mass is 290 g/mol. The van der Waals surface area contributed by atoms with Gasteiger partial charge >= 0.3 is 0 Å². The summed E-state index contributed by atoms with van der Waals surface area (Å²) in [7, 11) is 0. The maximum atomic E-state index is 3.96. The Morgan fingerprint density at radius 1 is 1.05 bits per heavy atom. The van der Waals surface area contributed by atoms with Crippen LogP contribution in [-0.4, -0.2) is 0 Å². The first-order valence-corrected chi connectivity index (χ1v) is 8.92. The van der Waals surface area contributed by atoms with E-state index in [1.807, 2.05) is 0 Å². The molecule has 0 aliphatic rings. The minimum Gasteiger partial charge on any atom is -0.103 e. The minimum atomic E-state index is 0.666. The van der Waals surface area contributed by atoms with Gasteiger partial charge in [0.05, 0.1) is 0 Å². The van der Waals surface area contributed by atoms with E-state index in [1.54, 1.807) is 16.7 Å². The van der Waals surface area contributed by atoms with Gasteiger partial charge in [0, 0.05) is 0 Å². The molecule has 0 radical (unpaired) electrons. The Kier molecular flexibility index (Phi) is 11.4. The maximum Gasteiger partial charge on any atom is -0.0236 e. The van der Waals surface area contributed by atoms with Crippen molar-refractivity contribution in [3.05, 3.63) is 35.5 Å². The van der Waals surface area contributed by atoms with Gasteiger partial charge in [0.2, 0.25) is 0 Å². The number of allylic oxidation sites excluding steroid dienone is 5. The first-order chi connectivity index (χ1) is 9.94. The Morgan fingerprint density at radius 2 is 1.71 bits per heavy atom. The zero-order valence-corrected chi connectivity index (χ0v) is 15.5. The number of hydrogen-bond acceptors (Lipinski definition) is 0. The number of hydrogen-bond donors (Lipinski definition) is 0. The summed E-state index contributed by atoms with van der Waals surface area (Å²) in [5, 5.41) is 0. The molecule has 0 aliphatic carbocycles. The van der Waals surface area contributed by atoms with E-state index in [2.05, 4.69) is 60.3 Å². The zero-order valence-electron chi connectivity index (χ0n) is 15.5. The third-order valence-corrected chi connectivity index (χ3v) is 4.49. The fourth-order valence-electron chi connectivity index (χ4n) is 2.62. The molecule has 0 fully saturated rings. The summed E-state index contributed by atoms with van der Waals surface area (Å²) in [6.07, 6.45) is 13.3. The van der Waals surface area contributed by atoms with E-state index in [1.165, 1.54) is 38.5 Å². The van der Waals surface area contributed by atoms with Gasteiger partial charge in [-0.25, -0.2) is 0 Å². The molecule has 0 aromatic rings. The van der Waals surface area contributed by atoms with Crippen molar-refractivity contribution in [3.63, 3.8) is 0 Å². The molecule has 0 saturated heterocycles. The summed E-state index contributed by atoms with van der Waals surface area (Å²) in [4.78, 5) is 0. The molecule has 0 heterocycles. The molecule has 0 aromatic heterocycles. The molecule has 0 amide bonds.